The minimum Gasteiger partial charge on any atom is -0.352 e. The van der Waals surface area contributed by atoms with Gasteiger partial charge in [-0.2, -0.15) is 4.80 Å². The molecule has 0 radical (unpaired) electrons. The van der Waals surface area contributed by atoms with Crippen molar-refractivity contribution in [2.45, 2.75) is 45.3 Å². The number of benzene rings is 1. The van der Waals surface area contributed by atoms with Crippen LogP contribution in [-0.2, 0) is 11.3 Å². The Kier molecular flexibility index (Phi) is 5.06. The number of nitrogens with one attached hydrogen (secondary N) is 2. The molecule has 1 heterocycles. The second-order valence-electron chi connectivity index (χ2n) is 6.55. The molecule has 1 saturated carbocycles. The van der Waals surface area contributed by atoms with E-state index in [2.05, 4.69) is 26.0 Å². The Labute approximate surface area is 146 Å². The van der Waals surface area contributed by atoms with Crippen LogP contribution in [0.15, 0.2) is 30.3 Å². The minimum absolute atomic E-state index is 0.00913. The molecule has 8 heteroatoms. The molecule has 2 N–H and O–H groups in total. The Morgan fingerprint density at radius 3 is 2.56 bits per heavy atom. The van der Waals surface area contributed by atoms with Gasteiger partial charge in [0.2, 0.25) is 5.91 Å². The molecule has 25 heavy (non-hydrogen) atoms. The molecule has 1 aromatic carbocycles. The molecule has 0 bridgehead atoms. The summed E-state index contributed by atoms with van der Waals surface area (Å²) in [4.78, 5) is 25.5. The summed E-state index contributed by atoms with van der Waals surface area (Å²) in [5.41, 5.74) is 0.594. The Hall–Kier alpha value is -2.77. The standard InChI is InChI=1S/C17H22N6O2/c1-11(2)18-14(24)10-23-21-16(20-22-23)15(12-8-9-12)19-17(25)13-6-4-3-5-7-13/h3-7,11-12,15H,8-10H2,1-2H3,(H,18,24)(H,19,25). The lowest BCUT2D eigenvalue weighted by molar-refractivity contribution is -0.122. The van der Waals surface area contributed by atoms with Crippen molar-refractivity contribution >= 4 is 11.8 Å². The minimum atomic E-state index is -0.283. The van der Waals surface area contributed by atoms with E-state index in [0.29, 0.717) is 17.3 Å². The lowest BCUT2D eigenvalue weighted by atomic mass is 10.1. The topological polar surface area (TPSA) is 102 Å². The summed E-state index contributed by atoms with van der Waals surface area (Å²) in [5, 5.41) is 18.0. The average Bonchev–Trinajstić information content (AvgIpc) is 3.32. The van der Waals surface area contributed by atoms with Crippen molar-refractivity contribution in [3.05, 3.63) is 41.7 Å². The maximum Gasteiger partial charge on any atom is 0.251 e. The first-order valence-electron chi connectivity index (χ1n) is 8.46. The smallest absolute Gasteiger partial charge is 0.251 e. The van der Waals surface area contributed by atoms with Crippen molar-refractivity contribution in [1.82, 2.24) is 30.8 Å². The third kappa shape index (κ3) is 4.62. The molecule has 3 rings (SSSR count). The van der Waals surface area contributed by atoms with Crippen molar-refractivity contribution < 1.29 is 9.59 Å². The van der Waals surface area contributed by atoms with E-state index in [1.807, 2.05) is 32.0 Å². The van der Waals surface area contributed by atoms with Gasteiger partial charge < -0.3 is 10.6 Å². The molecule has 2 aromatic rings. The summed E-state index contributed by atoms with van der Waals surface area (Å²) in [7, 11) is 0. The number of carbonyl (C=O) groups excluding carboxylic acids is 2. The van der Waals surface area contributed by atoms with Gasteiger partial charge in [0.25, 0.3) is 5.91 Å². The van der Waals surface area contributed by atoms with Crippen LogP contribution in [0.5, 0.6) is 0 Å². The fourth-order valence-electron chi connectivity index (χ4n) is 2.58. The maximum atomic E-state index is 12.4. The fraction of sp³-hybridized carbons (Fsp3) is 0.471. The van der Waals surface area contributed by atoms with E-state index < -0.39 is 0 Å². The summed E-state index contributed by atoms with van der Waals surface area (Å²) >= 11 is 0. The Bertz CT molecular complexity index is 739. The number of hydrogen-bond acceptors (Lipinski definition) is 5. The highest BCUT2D eigenvalue weighted by molar-refractivity contribution is 5.94. The van der Waals surface area contributed by atoms with E-state index in [1.165, 1.54) is 4.80 Å². The van der Waals surface area contributed by atoms with Gasteiger partial charge in [-0.25, -0.2) is 0 Å². The molecule has 1 atom stereocenters. The second kappa shape index (κ2) is 7.42. The van der Waals surface area contributed by atoms with Crippen molar-refractivity contribution in [2.75, 3.05) is 0 Å². The Balaban J connectivity index is 1.67. The molecular formula is C17H22N6O2. The first kappa shape index (κ1) is 17.1. The maximum absolute atomic E-state index is 12.4. The number of hydrogen-bond donors (Lipinski definition) is 2. The van der Waals surface area contributed by atoms with Crippen molar-refractivity contribution in [1.29, 1.82) is 0 Å². The fourth-order valence-corrected chi connectivity index (χ4v) is 2.58. The van der Waals surface area contributed by atoms with E-state index in [1.54, 1.807) is 12.1 Å². The molecule has 1 unspecified atom stereocenters. The van der Waals surface area contributed by atoms with Crippen molar-refractivity contribution in [3.8, 4) is 0 Å². The first-order valence-corrected chi connectivity index (χ1v) is 8.46. The Morgan fingerprint density at radius 1 is 1.20 bits per heavy atom. The molecule has 0 aliphatic heterocycles. The largest absolute Gasteiger partial charge is 0.352 e. The highest BCUT2D eigenvalue weighted by Crippen LogP contribution is 2.39. The van der Waals surface area contributed by atoms with Crippen LogP contribution in [0.2, 0.25) is 0 Å². The summed E-state index contributed by atoms with van der Waals surface area (Å²) in [6.45, 7) is 3.79. The number of tetrazole rings is 1. The molecule has 0 saturated heterocycles. The zero-order valence-corrected chi connectivity index (χ0v) is 14.3. The number of aromatic nitrogens is 4. The Morgan fingerprint density at radius 2 is 1.92 bits per heavy atom. The van der Waals surface area contributed by atoms with E-state index in [4.69, 9.17) is 0 Å². The molecule has 132 valence electrons. The van der Waals surface area contributed by atoms with Crippen LogP contribution < -0.4 is 10.6 Å². The van der Waals surface area contributed by atoms with Crippen LogP contribution in [0.25, 0.3) is 0 Å². The van der Waals surface area contributed by atoms with E-state index in [9.17, 15) is 9.59 Å². The lowest BCUT2D eigenvalue weighted by Gasteiger charge is -2.14. The van der Waals surface area contributed by atoms with Crippen molar-refractivity contribution in [2.24, 2.45) is 5.92 Å². The molecular weight excluding hydrogens is 320 g/mol. The highest BCUT2D eigenvalue weighted by Gasteiger charge is 2.36. The van der Waals surface area contributed by atoms with E-state index in [-0.39, 0.29) is 30.4 Å². The lowest BCUT2D eigenvalue weighted by Crippen LogP contribution is -2.34. The number of nitrogens with zero attached hydrogens (tertiary/aromatic N) is 4. The van der Waals surface area contributed by atoms with Gasteiger partial charge in [-0.05, 0) is 50.0 Å². The van der Waals surface area contributed by atoms with Gasteiger partial charge in [0.05, 0.1) is 6.04 Å². The van der Waals surface area contributed by atoms with Crippen molar-refractivity contribution in [3.63, 3.8) is 0 Å². The monoisotopic (exact) mass is 342 g/mol. The molecule has 1 aromatic heterocycles. The number of amides is 2. The molecule has 2 amide bonds. The predicted octanol–water partition coefficient (Wildman–Crippen LogP) is 1.08. The molecule has 1 aliphatic carbocycles. The second-order valence-corrected chi connectivity index (χ2v) is 6.55. The van der Waals surface area contributed by atoms with Gasteiger partial charge in [0, 0.05) is 11.6 Å². The van der Waals surface area contributed by atoms with Crippen LogP contribution in [0.4, 0.5) is 0 Å². The molecule has 8 nitrogen and oxygen atoms in total. The molecule has 1 aliphatic rings. The normalized spacial score (nSPS) is 15.0. The summed E-state index contributed by atoms with van der Waals surface area (Å²) in [6, 6.07) is 8.81. The highest BCUT2D eigenvalue weighted by atomic mass is 16.2. The zero-order chi connectivity index (χ0) is 17.8. The zero-order valence-electron chi connectivity index (χ0n) is 14.3. The van der Waals surface area contributed by atoms with Gasteiger partial charge in [-0.15, -0.1) is 10.2 Å². The van der Waals surface area contributed by atoms with Gasteiger partial charge in [0.1, 0.15) is 6.54 Å². The van der Waals surface area contributed by atoms with Gasteiger partial charge in [-0.3, -0.25) is 9.59 Å². The molecule has 1 fully saturated rings. The summed E-state index contributed by atoms with van der Waals surface area (Å²) in [5.74, 6) is 0.431. The predicted molar refractivity (Wildman–Crippen MR) is 90.5 cm³/mol. The van der Waals surface area contributed by atoms with Crippen LogP contribution in [0, 0.1) is 5.92 Å². The van der Waals surface area contributed by atoms with Crippen LogP contribution in [0.1, 0.15) is 48.9 Å². The van der Waals surface area contributed by atoms with Crippen LogP contribution in [-0.4, -0.2) is 38.1 Å². The van der Waals surface area contributed by atoms with Crippen LogP contribution >= 0.6 is 0 Å². The third-order valence-corrected chi connectivity index (χ3v) is 3.90. The quantitative estimate of drug-likeness (QED) is 0.784. The van der Waals surface area contributed by atoms with E-state index >= 15 is 0 Å². The average molecular weight is 342 g/mol. The van der Waals surface area contributed by atoms with Gasteiger partial charge in [0.15, 0.2) is 5.82 Å². The SMILES string of the molecule is CC(C)NC(=O)Cn1nnc(C(NC(=O)c2ccccc2)C2CC2)n1. The van der Waals surface area contributed by atoms with Gasteiger partial charge in [-0.1, -0.05) is 18.2 Å². The summed E-state index contributed by atoms with van der Waals surface area (Å²) < 4.78 is 0. The molecule has 0 spiro atoms. The van der Waals surface area contributed by atoms with Crippen LogP contribution in [0.3, 0.4) is 0 Å². The van der Waals surface area contributed by atoms with Gasteiger partial charge >= 0.3 is 0 Å². The summed E-state index contributed by atoms with van der Waals surface area (Å²) in [6.07, 6.45) is 2.03. The van der Waals surface area contributed by atoms with E-state index in [0.717, 1.165) is 12.8 Å². The number of carbonyl (C=O) groups is 2. The first-order chi connectivity index (χ1) is 12.0. The number of rotatable bonds is 7. The third-order valence-electron chi connectivity index (χ3n) is 3.90.